The Morgan fingerprint density at radius 3 is 2.69 bits per heavy atom. The van der Waals surface area contributed by atoms with E-state index < -0.39 is 0 Å². The fraction of sp³-hybridized carbons (Fsp3) is 0.261. The van der Waals surface area contributed by atoms with Crippen molar-refractivity contribution in [3.8, 4) is 11.3 Å². The molecule has 0 spiro atoms. The number of aromatic amines is 2. The van der Waals surface area contributed by atoms with Crippen molar-refractivity contribution in [1.29, 1.82) is 0 Å². The van der Waals surface area contributed by atoms with Gasteiger partial charge >= 0.3 is 0 Å². The van der Waals surface area contributed by atoms with Crippen LogP contribution in [0.25, 0.3) is 22.3 Å². The van der Waals surface area contributed by atoms with E-state index in [1.165, 1.54) is 5.56 Å². The van der Waals surface area contributed by atoms with Crippen LogP contribution in [0.4, 0.5) is 0 Å². The third-order valence-corrected chi connectivity index (χ3v) is 5.67. The number of fused-ring (bicyclic) bond motifs is 4. The highest BCUT2D eigenvalue weighted by Gasteiger charge is 2.28. The molecular formula is C23H23N5O. The van der Waals surface area contributed by atoms with E-state index in [1.807, 2.05) is 36.4 Å². The molecule has 0 fully saturated rings. The predicted molar refractivity (Wildman–Crippen MR) is 113 cm³/mol. The molecule has 6 heteroatoms. The first-order valence-corrected chi connectivity index (χ1v) is 10.0. The molecule has 0 saturated heterocycles. The molecule has 146 valence electrons. The molecule has 0 radical (unpaired) electrons. The second kappa shape index (κ2) is 6.88. The second-order valence-electron chi connectivity index (χ2n) is 7.92. The van der Waals surface area contributed by atoms with Gasteiger partial charge in [-0.25, -0.2) is 4.98 Å². The highest BCUT2D eigenvalue weighted by Crippen LogP contribution is 2.33. The number of H-pyrrole nitrogens is 2. The molecule has 4 aromatic rings. The average Bonchev–Trinajstić information content (AvgIpc) is 3.35. The van der Waals surface area contributed by atoms with Crippen molar-refractivity contribution in [2.45, 2.75) is 32.7 Å². The Morgan fingerprint density at radius 1 is 1.07 bits per heavy atom. The number of nitrogens with zero attached hydrogens (tertiary/aromatic N) is 2. The lowest BCUT2D eigenvalue weighted by Crippen LogP contribution is -2.33. The molecule has 29 heavy (non-hydrogen) atoms. The van der Waals surface area contributed by atoms with Crippen molar-refractivity contribution >= 4 is 16.9 Å². The van der Waals surface area contributed by atoms with E-state index in [2.05, 4.69) is 51.5 Å². The van der Waals surface area contributed by atoms with Gasteiger partial charge in [-0.15, -0.1) is 0 Å². The van der Waals surface area contributed by atoms with Gasteiger partial charge in [0.15, 0.2) is 0 Å². The third kappa shape index (κ3) is 3.01. The summed E-state index contributed by atoms with van der Waals surface area (Å²) in [5.41, 5.74) is 6.70. The van der Waals surface area contributed by atoms with Crippen molar-refractivity contribution in [2.24, 2.45) is 5.92 Å². The predicted octanol–water partition coefficient (Wildman–Crippen LogP) is 4.18. The lowest BCUT2D eigenvalue weighted by Gasteiger charge is -2.21. The zero-order valence-electron chi connectivity index (χ0n) is 16.5. The largest absolute Gasteiger partial charge is 0.340 e. The van der Waals surface area contributed by atoms with Crippen LogP contribution >= 0.6 is 0 Å². The summed E-state index contributed by atoms with van der Waals surface area (Å²) >= 11 is 0. The number of benzene rings is 2. The Bertz CT molecular complexity index is 1170. The van der Waals surface area contributed by atoms with E-state index >= 15 is 0 Å². The molecule has 1 aliphatic carbocycles. The zero-order chi connectivity index (χ0) is 20.0. The quantitative estimate of drug-likeness (QED) is 0.493. The van der Waals surface area contributed by atoms with Crippen LogP contribution in [0.5, 0.6) is 0 Å². The van der Waals surface area contributed by atoms with E-state index in [0.29, 0.717) is 5.69 Å². The summed E-state index contributed by atoms with van der Waals surface area (Å²) in [4.78, 5) is 21.2. The van der Waals surface area contributed by atoms with Crippen molar-refractivity contribution in [3.05, 3.63) is 71.2 Å². The average molecular weight is 385 g/mol. The number of aromatic nitrogens is 4. The summed E-state index contributed by atoms with van der Waals surface area (Å²) in [7, 11) is 0. The number of nitrogens with one attached hydrogen (secondary N) is 3. The van der Waals surface area contributed by atoms with Gasteiger partial charge in [0.2, 0.25) is 0 Å². The summed E-state index contributed by atoms with van der Waals surface area (Å²) < 4.78 is 0. The van der Waals surface area contributed by atoms with E-state index in [0.717, 1.165) is 46.5 Å². The number of hydrogen-bond donors (Lipinski definition) is 3. The first-order valence-electron chi connectivity index (χ1n) is 10.0. The summed E-state index contributed by atoms with van der Waals surface area (Å²) in [6, 6.07) is 15.9. The topological polar surface area (TPSA) is 86.5 Å². The first-order chi connectivity index (χ1) is 14.1. The number of imidazole rings is 1. The van der Waals surface area contributed by atoms with Crippen LogP contribution < -0.4 is 5.32 Å². The smallest absolute Gasteiger partial charge is 0.270 e. The van der Waals surface area contributed by atoms with Gasteiger partial charge in [0.05, 0.1) is 22.8 Å². The molecular weight excluding hydrogens is 362 g/mol. The van der Waals surface area contributed by atoms with Crippen LogP contribution in [0, 0.1) is 5.92 Å². The number of rotatable bonds is 4. The minimum atomic E-state index is -0.218. The summed E-state index contributed by atoms with van der Waals surface area (Å²) in [6.07, 6.45) is 1.72. The van der Waals surface area contributed by atoms with E-state index in [9.17, 15) is 4.79 Å². The standard InChI is InChI=1S/C23H23N5O/c1-13(2)19(22-24-17-9-5-6-10-18(17)25-22)26-23(29)21-16-12-11-14-7-3-4-8-15(14)20(16)27-28-21/h3-10,13,19H,11-12H2,1-2H3,(H,24,25)(H,26,29)(H,27,28)/t19-/m0/s1. The molecule has 2 heterocycles. The maximum Gasteiger partial charge on any atom is 0.270 e. The maximum atomic E-state index is 13.2. The third-order valence-electron chi connectivity index (χ3n) is 5.67. The normalized spacial score (nSPS) is 13.9. The Balaban J connectivity index is 1.46. The number of aryl methyl sites for hydroxylation is 1. The van der Waals surface area contributed by atoms with Crippen LogP contribution in [0.1, 0.15) is 47.3 Å². The second-order valence-corrected chi connectivity index (χ2v) is 7.92. The Labute approximate surface area is 168 Å². The SMILES string of the molecule is CC(C)[C@H](NC(=O)c1[nH]nc2c1CCc1ccccc1-2)c1nc2ccccc2[nH]1. The fourth-order valence-electron chi connectivity index (χ4n) is 4.13. The zero-order valence-corrected chi connectivity index (χ0v) is 16.5. The Morgan fingerprint density at radius 2 is 1.86 bits per heavy atom. The molecule has 1 atom stereocenters. The fourth-order valence-corrected chi connectivity index (χ4v) is 4.13. The molecule has 2 aromatic heterocycles. The first kappa shape index (κ1) is 17.7. The van der Waals surface area contributed by atoms with Gasteiger partial charge in [-0.1, -0.05) is 50.2 Å². The maximum absolute atomic E-state index is 13.2. The van der Waals surface area contributed by atoms with Crippen molar-refractivity contribution in [2.75, 3.05) is 0 Å². The van der Waals surface area contributed by atoms with Crippen LogP contribution in [0.2, 0.25) is 0 Å². The van der Waals surface area contributed by atoms with Crippen LogP contribution in [0.3, 0.4) is 0 Å². The molecule has 0 bridgehead atoms. The van der Waals surface area contributed by atoms with Crippen molar-refractivity contribution in [3.63, 3.8) is 0 Å². The molecule has 0 saturated carbocycles. The van der Waals surface area contributed by atoms with Crippen LogP contribution in [0.15, 0.2) is 48.5 Å². The van der Waals surface area contributed by atoms with Gasteiger partial charge in [-0.3, -0.25) is 9.89 Å². The summed E-state index contributed by atoms with van der Waals surface area (Å²) in [5.74, 6) is 0.810. The number of carbonyl (C=O) groups excluding carboxylic acids is 1. The summed E-state index contributed by atoms with van der Waals surface area (Å²) in [5, 5.41) is 10.6. The highest BCUT2D eigenvalue weighted by atomic mass is 16.2. The van der Waals surface area contributed by atoms with E-state index in [1.54, 1.807) is 0 Å². The molecule has 1 aliphatic rings. The van der Waals surface area contributed by atoms with Gasteiger partial charge in [0, 0.05) is 11.1 Å². The van der Waals surface area contributed by atoms with Gasteiger partial charge in [0.1, 0.15) is 11.5 Å². The molecule has 6 nitrogen and oxygen atoms in total. The molecule has 5 rings (SSSR count). The van der Waals surface area contributed by atoms with Gasteiger partial charge in [0.25, 0.3) is 5.91 Å². The minimum absolute atomic E-state index is 0.141. The van der Waals surface area contributed by atoms with E-state index in [4.69, 9.17) is 0 Å². The molecule has 0 unspecified atom stereocenters. The monoisotopic (exact) mass is 385 g/mol. The lowest BCUT2D eigenvalue weighted by molar-refractivity contribution is 0.0917. The van der Waals surface area contributed by atoms with Crippen molar-refractivity contribution < 1.29 is 4.79 Å². The molecule has 3 N–H and O–H groups in total. The Kier molecular flexibility index (Phi) is 4.19. The van der Waals surface area contributed by atoms with E-state index in [-0.39, 0.29) is 17.9 Å². The molecule has 2 aromatic carbocycles. The molecule has 1 amide bonds. The molecule has 0 aliphatic heterocycles. The minimum Gasteiger partial charge on any atom is -0.340 e. The van der Waals surface area contributed by atoms with Crippen LogP contribution in [-0.2, 0) is 12.8 Å². The van der Waals surface area contributed by atoms with Crippen molar-refractivity contribution in [1.82, 2.24) is 25.5 Å². The highest BCUT2D eigenvalue weighted by molar-refractivity contribution is 5.96. The van der Waals surface area contributed by atoms with Gasteiger partial charge in [-0.05, 0) is 36.5 Å². The number of para-hydroxylation sites is 2. The summed E-state index contributed by atoms with van der Waals surface area (Å²) in [6.45, 7) is 4.16. The number of hydrogen-bond acceptors (Lipinski definition) is 3. The van der Waals surface area contributed by atoms with Gasteiger partial charge in [-0.2, -0.15) is 5.10 Å². The number of carbonyl (C=O) groups is 1. The Hall–Kier alpha value is -3.41. The lowest BCUT2D eigenvalue weighted by atomic mass is 9.89. The number of amides is 1. The van der Waals surface area contributed by atoms with Gasteiger partial charge < -0.3 is 10.3 Å². The van der Waals surface area contributed by atoms with Crippen LogP contribution in [-0.4, -0.2) is 26.1 Å².